The Bertz CT molecular complexity index is 433. The van der Waals surface area contributed by atoms with Gasteiger partial charge < -0.3 is 10.2 Å². The third-order valence-corrected chi connectivity index (χ3v) is 3.61. The lowest BCUT2D eigenvalue weighted by Crippen LogP contribution is -2.25. The van der Waals surface area contributed by atoms with Gasteiger partial charge in [-0.1, -0.05) is 17.7 Å². The van der Waals surface area contributed by atoms with E-state index >= 15 is 0 Å². The summed E-state index contributed by atoms with van der Waals surface area (Å²) in [6.07, 6.45) is 0.932. The Morgan fingerprint density at radius 3 is 2.88 bits per heavy atom. The van der Waals surface area contributed by atoms with E-state index < -0.39 is 0 Å². The molecule has 1 aromatic rings. The standard InChI is InChI=1S/C13H17ClN2O/c1-9-3-4-11(7-12(9)14)15-13(17)10-5-6-16(2)8-10/h3-4,7,10H,5-6,8H2,1-2H3,(H,15,17). The van der Waals surface area contributed by atoms with Gasteiger partial charge in [0.15, 0.2) is 0 Å². The van der Waals surface area contributed by atoms with Crippen LogP contribution in [0.1, 0.15) is 12.0 Å². The Hall–Kier alpha value is -1.06. The fraction of sp³-hybridized carbons (Fsp3) is 0.462. The van der Waals surface area contributed by atoms with Gasteiger partial charge in [0.2, 0.25) is 5.91 Å². The number of nitrogens with one attached hydrogen (secondary N) is 1. The van der Waals surface area contributed by atoms with E-state index in [1.165, 1.54) is 0 Å². The van der Waals surface area contributed by atoms with E-state index in [1.807, 2.05) is 26.1 Å². The average Bonchev–Trinajstić information content (AvgIpc) is 2.70. The highest BCUT2D eigenvalue weighted by Crippen LogP contribution is 2.22. The van der Waals surface area contributed by atoms with Crippen LogP contribution in [0.25, 0.3) is 0 Å². The number of aryl methyl sites for hydroxylation is 1. The predicted octanol–water partition coefficient (Wildman–Crippen LogP) is 2.54. The summed E-state index contributed by atoms with van der Waals surface area (Å²) in [5, 5.41) is 3.61. The quantitative estimate of drug-likeness (QED) is 0.877. The molecule has 1 aliphatic heterocycles. The lowest BCUT2D eigenvalue weighted by atomic mass is 10.1. The van der Waals surface area contributed by atoms with E-state index in [9.17, 15) is 4.79 Å². The van der Waals surface area contributed by atoms with Crippen molar-refractivity contribution in [2.24, 2.45) is 5.92 Å². The Kier molecular flexibility index (Phi) is 3.69. The van der Waals surface area contributed by atoms with E-state index in [4.69, 9.17) is 11.6 Å². The molecular formula is C13H17ClN2O. The lowest BCUT2D eigenvalue weighted by Gasteiger charge is -2.12. The van der Waals surface area contributed by atoms with Crippen molar-refractivity contribution in [3.63, 3.8) is 0 Å². The zero-order valence-electron chi connectivity index (χ0n) is 10.2. The van der Waals surface area contributed by atoms with Crippen molar-refractivity contribution < 1.29 is 4.79 Å². The van der Waals surface area contributed by atoms with Gasteiger partial charge in [0.05, 0.1) is 5.92 Å². The molecule has 1 aromatic carbocycles. The number of carbonyl (C=O) groups excluding carboxylic acids is 1. The Morgan fingerprint density at radius 1 is 1.53 bits per heavy atom. The number of likely N-dealkylation sites (tertiary alicyclic amines) is 1. The summed E-state index contributed by atoms with van der Waals surface area (Å²) in [5.41, 5.74) is 1.80. The normalized spacial score (nSPS) is 20.5. The van der Waals surface area contributed by atoms with E-state index in [2.05, 4.69) is 10.2 Å². The summed E-state index contributed by atoms with van der Waals surface area (Å²) in [6, 6.07) is 5.60. The second-order valence-electron chi connectivity index (χ2n) is 4.70. The van der Waals surface area contributed by atoms with Crippen molar-refractivity contribution in [2.75, 3.05) is 25.5 Å². The molecule has 4 heteroatoms. The van der Waals surface area contributed by atoms with Crippen LogP contribution >= 0.6 is 11.6 Å². The van der Waals surface area contributed by atoms with Gasteiger partial charge >= 0.3 is 0 Å². The maximum absolute atomic E-state index is 12.0. The van der Waals surface area contributed by atoms with Crippen molar-refractivity contribution in [1.82, 2.24) is 4.90 Å². The minimum absolute atomic E-state index is 0.0919. The Balaban J connectivity index is 2.00. The number of rotatable bonds is 2. The molecule has 1 saturated heterocycles. The van der Waals surface area contributed by atoms with Gasteiger partial charge in [-0.3, -0.25) is 4.79 Å². The van der Waals surface area contributed by atoms with E-state index in [0.29, 0.717) is 5.02 Å². The van der Waals surface area contributed by atoms with Crippen LogP contribution in [0.15, 0.2) is 18.2 Å². The molecule has 17 heavy (non-hydrogen) atoms. The highest BCUT2D eigenvalue weighted by molar-refractivity contribution is 6.31. The van der Waals surface area contributed by atoms with Crippen LogP contribution in [0, 0.1) is 12.8 Å². The van der Waals surface area contributed by atoms with Crippen molar-refractivity contribution in [3.8, 4) is 0 Å². The molecule has 1 fully saturated rings. The first-order valence-electron chi connectivity index (χ1n) is 5.82. The number of carbonyl (C=O) groups is 1. The molecule has 1 amide bonds. The molecule has 2 rings (SSSR count). The van der Waals surface area contributed by atoms with Crippen LogP contribution in [0.5, 0.6) is 0 Å². The minimum atomic E-state index is 0.0919. The summed E-state index contributed by atoms with van der Waals surface area (Å²) in [7, 11) is 2.04. The monoisotopic (exact) mass is 252 g/mol. The van der Waals surface area contributed by atoms with Crippen LogP contribution in [0.3, 0.4) is 0 Å². The van der Waals surface area contributed by atoms with Crippen LogP contribution in [-0.2, 0) is 4.79 Å². The van der Waals surface area contributed by atoms with Gasteiger partial charge in [0.1, 0.15) is 0 Å². The maximum Gasteiger partial charge on any atom is 0.228 e. The number of hydrogen-bond donors (Lipinski definition) is 1. The first-order chi connectivity index (χ1) is 8.06. The molecule has 0 spiro atoms. The summed E-state index contributed by atoms with van der Waals surface area (Å²) >= 11 is 6.02. The first kappa shape index (κ1) is 12.4. The predicted molar refractivity (Wildman–Crippen MR) is 70.4 cm³/mol. The van der Waals surface area contributed by atoms with Crippen LogP contribution in [0.2, 0.25) is 5.02 Å². The summed E-state index contributed by atoms with van der Waals surface area (Å²) in [6.45, 7) is 3.78. The maximum atomic E-state index is 12.0. The first-order valence-corrected chi connectivity index (χ1v) is 6.19. The van der Waals surface area contributed by atoms with Crippen LogP contribution < -0.4 is 5.32 Å². The zero-order valence-corrected chi connectivity index (χ0v) is 10.9. The molecule has 1 unspecified atom stereocenters. The van der Waals surface area contributed by atoms with Gasteiger partial charge in [0, 0.05) is 17.3 Å². The molecule has 0 aliphatic carbocycles. The fourth-order valence-corrected chi connectivity index (χ4v) is 2.24. The Morgan fingerprint density at radius 2 is 2.29 bits per heavy atom. The molecule has 92 valence electrons. The highest BCUT2D eigenvalue weighted by atomic mass is 35.5. The molecule has 1 aliphatic rings. The largest absolute Gasteiger partial charge is 0.326 e. The number of halogens is 1. The molecule has 1 N–H and O–H groups in total. The number of amides is 1. The molecule has 0 bridgehead atoms. The third-order valence-electron chi connectivity index (χ3n) is 3.20. The summed E-state index contributed by atoms with van der Waals surface area (Å²) in [4.78, 5) is 14.1. The molecule has 3 nitrogen and oxygen atoms in total. The van der Waals surface area contributed by atoms with Crippen molar-refractivity contribution in [2.45, 2.75) is 13.3 Å². The number of anilines is 1. The van der Waals surface area contributed by atoms with E-state index in [1.54, 1.807) is 6.07 Å². The molecule has 0 saturated carbocycles. The highest BCUT2D eigenvalue weighted by Gasteiger charge is 2.25. The van der Waals surface area contributed by atoms with Gasteiger partial charge in [-0.05, 0) is 44.6 Å². The van der Waals surface area contributed by atoms with Gasteiger partial charge in [-0.25, -0.2) is 0 Å². The topological polar surface area (TPSA) is 32.3 Å². The molecule has 1 heterocycles. The lowest BCUT2D eigenvalue weighted by molar-refractivity contribution is -0.119. The third kappa shape index (κ3) is 2.99. The fourth-order valence-electron chi connectivity index (χ4n) is 2.06. The molecule has 1 atom stereocenters. The smallest absolute Gasteiger partial charge is 0.228 e. The molecule has 0 radical (unpaired) electrons. The van der Waals surface area contributed by atoms with Gasteiger partial charge in [0.25, 0.3) is 0 Å². The van der Waals surface area contributed by atoms with Crippen molar-refractivity contribution in [3.05, 3.63) is 28.8 Å². The Labute approximate surface area is 107 Å². The molecule has 0 aromatic heterocycles. The van der Waals surface area contributed by atoms with Crippen molar-refractivity contribution in [1.29, 1.82) is 0 Å². The molecular weight excluding hydrogens is 236 g/mol. The summed E-state index contributed by atoms with van der Waals surface area (Å²) < 4.78 is 0. The van der Waals surface area contributed by atoms with Crippen LogP contribution in [0.4, 0.5) is 5.69 Å². The van der Waals surface area contributed by atoms with Gasteiger partial charge in [-0.2, -0.15) is 0 Å². The van der Waals surface area contributed by atoms with E-state index in [0.717, 1.165) is 30.8 Å². The SMILES string of the molecule is Cc1ccc(NC(=O)C2CCN(C)C2)cc1Cl. The second kappa shape index (κ2) is 5.07. The summed E-state index contributed by atoms with van der Waals surface area (Å²) in [5.74, 6) is 0.189. The van der Waals surface area contributed by atoms with Crippen LogP contribution in [-0.4, -0.2) is 30.9 Å². The van der Waals surface area contributed by atoms with E-state index in [-0.39, 0.29) is 11.8 Å². The second-order valence-corrected chi connectivity index (χ2v) is 5.11. The average molecular weight is 253 g/mol. The van der Waals surface area contributed by atoms with Gasteiger partial charge in [-0.15, -0.1) is 0 Å². The number of hydrogen-bond acceptors (Lipinski definition) is 2. The van der Waals surface area contributed by atoms with Crippen molar-refractivity contribution >= 4 is 23.2 Å². The number of benzene rings is 1. The zero-order chi connectivity index (χ0) is 12.4. The number of nitrogens with zero attached hydrogens (tertiary/aromatic N) is 1. The minimum Gasteiger partial charge on any atom is -0.326 e.